The molecule has 1 N–H and O–H groups in total. The van der Waals surface area contributed by atoms with Gasteiger partial charge in [0, 0.05) is 23.4 Å². The van der Waals surface area contributed by atoms with Gasteiger partial charge in [-0.15, -0.1) is 0 Å². The molecule has 0 saturated heterocycles. The first-order valence-electron chi connectivity index (χ1n) is 5.41. The first kappa shape index (κ1) is 14.5. The fourth-order valence-corrected chi connectivity index (χ4v) is 3.55. The van der Waals surface area contributed by atoms with Crippen LogP contribution in [-0.4, -0.2) is 24.7 Å². The number of hydrogen-bond donors (Lipinski definition) is 1. The van der Waals surface area contributed by atoms with Crippen molar-refractivity contribution in [1.29, 1.82) is 0 Å². The summed E-state index contributed by atoms with van der Waals surface area (Å²) in [6.07, 6.45) is 3.40. The van der Waals surface area contributed by atoms with E-state index in [1.807, 2.05) is 0 Å². The number of hydrogen-bond acceptors (Lipinski definition) is 3. The number of nitrogens with zero attached hydrogens (tertiary/aromatic N) is 2. The Morgan fingerprint density at radius 3 is 2.84 bits per heavy atom. The molecule has 8 heteroatoms. The molecular weight excluding hydrogens is 354 g/mol. The molecule has 1 heterocycles. The van der Waals surface area contributed by atoms with E-state index in [2.05, 4.69) is 25.8 Å². The van der Waals surface area contributed by atoms with Crippen LogP contribution in [0.25, 0.3) is 0 Å². The van der Waals surface area contributed by atoms with Gasteiger partial charge in [-0.1, -0.05) is 27.5 Å². The van der Waals surface area contributed by atoms with Gasteiger partial charge in [0.05, 0.1) is 11.6 Å². The largest absolute Gasteiger partial charge is 0.271 e. The zero-order valence-corrected chi connectivity index (χ0v) is 12.9. The number of benzene rings is 1. The summed E-state index contributed by atoms with van der Waals surface area (Å²) in [6, 6.07) is 6.42. The Kier molecular flexibility index (Phi) is 4.62. The first-order valence-corrected chi connectivity index (χ1v) is 8.06. The maximum Gasteiger partial charge on any atom is 0.242 e. The third-order valence-corrected chi connectivity index (χ3v) is 4.81. The molecule has 2 rings (SSSR count). The second kappa shape index (κ2) is 6.04. The number of aromatic nitrogens is 2. The van der Waals surface area contributed by atoms with Gasteiger partial charge in [0.25, 0.3) is 0 Å². The van der Waals surface area contributed by atoms with Gasteiger partial charge in [0.2, 0.25) is 10.0 Å². The first-order chi connectivity index (χ1) is 8.99. The van der Waals surface area contributed by atoms with Crippen LogP contribution in [0.1, 0.15) is 0 Å². The van der Waals surface area contributed by atoms with Crippen LogP contribution in [0.5, 0.6) is 0 Å². The van der Waals surface area contributed by atoms with Crippen molar-refractivity contribution in [1.82, 2.24) is 14.5 Å². The summed E-state index contributed by atoms with van der Waals surface area (Å²) in [4.78, 5) is 0.0674. The van der Waals surface area contributed by atoms with Crippen LogP contribution in [0, 0.1) is 0 Å². The van der Waals surface area contributed by atoms with Gasteiger partial charge >= 0.3 is 0 Å². The molecule has 1 aromatic carbocycles. The van der Waals surface area contributed by atoms with Gasteiger partial charge in [-0.3, -0.25) is 4.68 Å². The van der Waals surface area contributed by atoms with Gasteiger partial charge in [-0.05, 0) is 24.3 Å². The molecule has 19 heavy (non-hydrogen) atoms. The molecular formula is C11H11BrClN3O2S. The van der Waals surface area contributed by atoms with Crippen molar-refractivity contribution in [2.45, 2.75) is 11.4 Å². The SMILES string of the molecule is O=S(=O)(NCCn1cccn1)c1ccc(Br)cc1Cl. The molecule has 0 aliphatic heterocycles. The molecule has 0 aliphatic carbocycles. The van der Waals surface area contributed by atoms with Crippen molar-refractivity contribution < 1.29 is 8.42 Å². The van der Waals surface area contributed by atoms with Crippen molar-refractivity contribution >= 4 is 37.6 Å². The zero-order valence-electron chi connectivity index (χ0n) is 9.75. The van der Waals surface area contributed by atoms with Gasteiger partial charge in [-0.2, -0.15) is 5.10 Å². The minimum Gasteiger partial charge on any atom is -0.271 e. The monoisotopic (exact) mass is 363 g/mol. The molecule has 1 aromatic heterocycles. The average molecular weight is 365 g/mol. The summed E-state index contributed by atoms with van der Waals surface area (Å²) in [7, 11) is -3.60. The molecule has 0 spiro atoms. The van der Waals surface area contributed by atoms with E-state index in [1.54, 1.807) is 35.3 Å². The number of nitrogens with one attached hydrogen (secondary N) is 1. The van der Waals surface area contributed by atoms with Crippen LogP contribution in [0.2, 0.25) is 5.02 Å². The van der Waals surface area contributed by atoms with Crippen LogP contribution in [0.15, 0.2) is 46.0 Å². The molecule has 0 radical (unpaired) electrons. The zero-order chi connectivity index (χ0) is 13.9. The van der Waals surface area contributed by atoms with E-state index in [1.165, 1.54) is 6.07 Å². The molecule has 0 aliphatic rings. The topological polar surface area (TPSA) is 64.0 Å². The van der Waals surface area contributed by atoms with Gasteiger partial charge < -0.3 is 0 Å². The highest BCUT2D eigenvalue weighted by atomic mass is 79.9. The van der Waals surface area contributed by atoms with Crippen LogP contribution in [0.4, 0.5) is 0 Å². The van der Waals surface area contributed by atoms with E-state index < -0.39 is 10.0 Å². The Morgan fingerprint density at radius 1 is 1.42 bits per heavy atom. The third kappa shape index (κ3) is 3.79. The standard InChI is InChI=1S/C11H11BrClN3O2S/c12-9-2-3-11(10(13)8-9)19(17,18)15-5-7-16-6-1-4-14-16/h1-4,6,8,15H,5,7H2. The van der Waals surface area contributed by atoms with E-state index in [4.69, 9.17) is 11.6 Å². The Morgan fingerprint density at radius 2 is 2.21 bits per heavy atom. The normalized spacial score (nSPS) is 11.7. The fourth-order valence-electron chi connectivity index (χ4n) is 1.50. The molecule has 2 aromatic rings. The molecule has 0 amide bonds. The predicted molar refractivity (Wildman–Crippen MR) is 76.6 cm³/mol. The number of sulfonamides is 1. The quantitative estimate of drug-likeness (QED) is 0.885. The Bertz CT molecular complexity index is 659. The Labute approximate surface area is 124 Å². The summed E-state index contributed by atoms with van der Waals surface area (Å²) in [5.41, 5.74) is 0. The van der Waals surface area contributed by atoms with Crippen molar-refractivity contribution in [2.75, 3.05) is 6.54 Å². The lowest BCUT2D eigenvalue weighted by atomic mass is 10.4. The summed E-state index contributed by atoms with van der Waals surface area (Å²) < 4.78 is 29.0. The Balaban J connectivity index is 2.05. The van der Waals surface area contributed by atoms with E-state index in [-0.39, 0.29) is 16.5 Å². The number of halogens is 2. The minimum atomic E-state index is -3.60. The van der Waals surface area contributed by atoms with Crippen LogP contribution in [-0.2, 0) is 16.6 Å². The molecule has 0 fully saturated rings. The molecule has 0 bridgehead atoms. The van der Waals surface area contributed by atoms with Crippen LogP contribution < -0.4 is 4.72 Å². The van der Waals surface area contributed by atoms with Crippen molar-refractivity contribution in [2.24, 2.45) is 0 Å². The lowest BCUT2D eigenvalue weighted by Crippen LogP contribution is -2.27. The molecule has 5 nitrogen and oxygen atoms in total. The second-order valence-corrected chi connectivity index (χ2v) is 6.80. The van der Waals surface area contributed by atoms with E-state index in [9.17, 15) is 8.42 Å². The smallest absolute Gasteiger partial charge is 0.242 e. The van der Waals surface area contributed by atoms with Crippen LogP contribution in [0.3, 0.4) is 0 Å². The molecule has 0 saturated carbocycles. The van der Waals surface area contributed by atoms with Gasteiger partial charge in [-0.25, -0.2) is 13.1 Å². The summed E-state index contributed by atoms with van der Waals surface area (Å²) in [6.45, 7) is 0.705. The highest BCUT2D eigenvalue weighted by Gasteiger charge is 2.17. The third-order valence-electron chi connectivity index (χ3n) is 2.38. The number of rotatable bonds is 5. The molecule has 0 atom stereocenters. The minimum absolute atomic E-state index is 0.0674. The van der Waals surface area contributed by atoms with Crippen LogP contribution >= 0.6 is 27.5 Å². The Hall–Kier alpha value is -0.890. The van der Waals surface area contributed by atoms with Crippen molar-refractivity contribution in [3.63, 3.8) is 0 Å². The van der Waals surface area contributed by atoms with Gasteiger partial charge in [0.1, 0.15) is 4.90 Å². The fraction of sp³-hybridized carbons (Fsp3) is 0.182. The van der Waals surface area contributed by atoms with E-state index in [0.717, 1.165) is 4.47 Å². The van der Waals surface area contributed by atoms with Crippen molar-refractivity contribution in [3.05, 3.63) is 46.2 Å². The summed E-state index contributed by atoms with van der Waals surface area (Å²) in [5.74, 6) is 0. The van der Waals surface area contributed by atoms with E-state index >= 15 is 0 Å². The lowest BCUT2D eigenvalue weighted by molar-refractivity contribution is 0.561. The average Bonchev–Trinajstić information content (AvgIpc) is 2.81. The maximum atomic E-state index is 12.1. The molecule has 102 valence electrons. The second-order valence-electron chi connectivity index (χ2n) is 3.74. The predicted octanol–water partition coefficient (Wildman–Crippen LogP) is 2.28. The summed E-state index contributed by atoms with van der Waals surface area (Å²) in [5, 5.41) is 4.17. The van der Waals surface area contributed by atoms with E-state index in [0.29, 0.717) is 6.54 Å². The molecule has 0 unspecified atom stereocenters. The highest BCUT2D eigenvalue weighted by Crippen LogP contribution is 2.24. The summed E-state index contributed by atoms with van der Waals surface area (Å²) >= 11 is 9.16. The highest BCUT2D eigenvalue weighted by molar-refractivity contribution is 9.10. The van der Waals surface area contributed by atoms with Crippen molar-refractivity contribution in [3.8, 4) is 0 Å². The lowest BCUT2D eigenvalue weighted by Gasteiger charge is -2.08. The van der Waals surface area contributed by atoms with Gasteiger partial charge in [0.15, 0.2) is 0 Å². The maximum absolute atomic E-state index is 12.1.